The number of hydrogen-bond donors (Lipinski definition) is 1. The second kappa shape index (κ2) is 8.36. The van der Waals surface area contributed by atoms with E-state index < -0.39 is 0 Å². The molecule has 1 aliphatic rings. The number of anilines is 1. The maximum absolute atomic E-state index is 5.66. The fraction of sp³-hybridized carbons (Fsp3) is 0.182. The fourth-order valence-corrected chi connectivity index (χ4v) is 3.66. The van der Waals surface area contributed by atoms with E-state index in [1.54, 1.807) is 25.6 Å². The smallest absolute Gasteiger partial charge is 0.172 e. The lowest BCUT2D eigenvalue weighted by atomic mass is 10.1. The van der Waals surface area contributed by atoms with Crippen LogP contribution in [-0.2, 0) is 0 Å². The van der Waals surface area contributed by atoms with Crippen LogP contribution in [0.15, 0.2) is 63.9 Å². The number of methoxy groups -OCH3 is 2. The topological polar surface area (TPSA) is 64.4 Å². The van der Waals surface area contributed by atoms with Crippen LogP contribution in [0.25, 0.3) is 0 Å². The first kappa shape index (κ1) is 19.0. The third kappa shape index (κ3) is 3.95. The zero-order valence-corrected chi connectivity index (χ0v) is 17.2. The van der Waals surface area contributed by atoms with Gasteiger partial charge in [-0.15, -0.1) is 11.3 Å². The summed E-state index contributed by atoms with van der Waals surface area (Å²) in [5, 5.41) is 5.43. The zero-order valence-electron chi connectivity index (χ0n) is 16.4. The monoisotopic (exact) mass is 407 g/mol. The normalized spacial score (nSPS) is 12.8. The van der Waals surface area contributed by atoms with Gasteiger partial charge in [0.05, 0.1) is 37.1 Å². The molecule has 7 heteroatoms. The third-order valence-corrected chi connectivity index (χ3v) is 5.24. The summed E-state index contributed by atoms with van der Waals surface area (Å²) in [5.74, 6) is 3.40. The molecule has 1 aliphatic heterocycles. The molecule has 0 amide bonds. The van der Waals surface area contributed by atoms with Crippen LogP contribution in [-0.4, -0.2) is 32.5 Å². The molecule has 3 aromatic rings. The van der Waals surface area contributed by atoms with Crippen molar-refractivity contribution in [2.45, 2.75) is 6.92 Å². The molecule has 0 bridgehead atoms. The van der Waals surface area contributed by atoms with Crippen molar-refractivity contribution in [3.8, 4) is 17.2 Å². The lowest BCUT2D eigenvalue weighted by Gasteiger charge is -2.13. The molecule has 0 saturated carbocycles. The van der Waals surface area contributed by atoms with Gasteiger partial charge in [0.15, 0.2) is 17.3 Å². The standard InChI is InChI=1S/C22H21N3O3S/c1-4-28-15-8-9-16-17(13-15)24-21(25-22(23-16)20-6-5-11-29-20)14-7-10-18(26-2)19(12-14)27-3/h5-13H,4H2,1-3H3,(H,23,24,25). The molecule has 0 radical (unpaired) electrons. The Bertz CT molecular complexity index is 1070. The summed E-state index contributed by atoms with van der Waals surface area (Å²) in [5.41, 5.74) is 2.49. The van der Waals surface area contributed by atoms with Crippen molar-refractivity contribution in [3.63, 3.8) is 0 Å². The minimum absolute atomic E-state index is 0.596. The molecular formula is C22H21N3O3S. The van der Waals surface area contributed by atoms with Crippen LogP contribution in [0.2, 0.25) is 0 Å². The average Bonchev–Trinajstić information content (AvgIpc) is 3.22. The highest BCUT2D eigenvalue weighted by Gasteiger charge is 2.18. The number of hydrogen-bond acceptors (Lipinski definition) is 7. The molecule has 0 spiro atoms. The number of amidine groups is 2. The van der Waals surface area contributed by atoms with Crippen LogP contribution >= 0.6 is 11.3 Å². The predicted octanol–water partition coefficient (Wildman–Crippen LogP) is 5.11. The molecule has 148 valence electrons. The van der Waals surface area contributed by atoms with Gasteiger partial charge in [-0.05, 0) is 48.7 Å². The summed E-state index contributed by atoms with van der Waals surface area (Å²) >= 11 is 1.60. The number of thiophene rings is 1. The first-order valence-electron chi connectivity index (χ1n) is 9.19. The van der Waals surface area contributed by atoms with E-state index >= 15 is 0 Å². The van der Waals surface area contributed by atoms with Crippen LogP contribution in [0, 0.1) is 0 Å². The van der Waals surface area contributed by atoms with Crippen LogP contribution in [0.3, 0.4) is 0 Å². The van der Waals surface area contributed by atoms with Crippen LogP contribution < -0.4 is 19.5 Å². The fourth-order valence-electron chi connectivity index (χ4n) is 3.01. The van der Waals surface area contributed by atoms with Crippen LogP contribution in [0.1, 0.15) is 17.4 Å². The van der Waals surface area contributed by atoms with Gasteiger partial charge in [0.2, 0.25) is 0 Å². The minimum Gasteiger partial charge on any atom is -0.494 e. The number of nitrogens with one attached hydrogen (secondary N) is 1. The number of benzene rings is 2. The zero-order chi connectivity index (χ0) is 20.2. The maximum atomic E-state index is 5.66. The summed E-state index contributed by atoms with van der Waals surface area (Å²) in [6, 6.07) is 15.5. The largest absolute Gasteiger partial charge is 0.494 e. The molecule has 4 rings (SSSR count). The first-order chi connectivity index (χ1) is 14.2. The van der Waals surface area contributed by atoms with Gasteiger partial charge in [0.25, 0.3) is 0 Å². The number of nitrogens with zero attached hydrogens (tertiary/aromatic N) is 2. The van der Waals surface area contributed by atoms with Crippen molar-refractivity contribution in [1.29, 1.82) is 0 Å². The molecule has 2 heterocycles. The Hall–Kier alpha value is -3.32. The quantitative estimate of drug-likeness (QED) is 0.616. The van der Waals surface area contributed by atoms with Crippen molar-refractivity contribution in [1.82, 2.24) is 0 Å². The Balaban J connectivity index is 1.83. The molecule has 29 heavy (non-hydrogen) atoms. The molecule has 0 atom stereocenters. The van der Waals surface area contributed by atoms with E-state index in [9.17, 15) is 0 Å². The van der Waals surface area contributed by atoms with Gasteiger partial charge in [-0.25, -0.2) is 9.98 Å². The molecule has 1 N–H and O–H groups in total. The number of fused-ring (bicyclic) bond motifs is 1. The van der Waals surface area contributed by atoms with E-state index in [4.69, 9.17) is 24.2 Å². The van der Waals surface area contributed by atoms with Crippen molar-refractivity contribution in [3.05, 3.63) is 64.4 Å². The van der Waals surface area contributed by atoms with E-state index in [1.807, 2.05) is 60.8 Å². The molecule has 6 nitrogen and oxygen atoms in total. The highest BCUT2D eigenvalue weighted by molar-refractivity contribution is 7.12. The number of rotatable bonds is 6. The predicted molar refractivity (Wildman–Crippen MR) is 118 cm³/mol. The Morgan fingerprint density at radius 1 is 0.966 bits per heavy atom. The van der Waals surface area contributed by atoms with Gasteiger partial charge in [0, 0.05) is 11.6 Å². The Kier molecular flexibility index (Phi) is 5.48. The second-order valence-electron chi connectivity index (χ2n) is 6.18. The average molecular weight is 407 g/mol. The summed E-state index contributed by atoms with van der Waals surface area (Å²) in [4.78, 5) is 10.6. The Morgan fingerprint density at radius 2 is 1.83 bits per heavy atom. The highest BCUT2D eigenvalue weighted by Crippen LogP contribution is 2.34. The van der Waals surface area contributed by atoms with Crippen molar-refractivity contribution >= 4 is 34.4 Å². The SMILES string of the molecule is CCOc1ccc2c(c1)NC(c1ccc(OC)c(OC)c1)=NC(c1cccs1)=N2. The van der Waals surface area contributed by atoms with Crippen molar-refractivity contribution < 1.29 is 14.2 Å². The highest BCUT2D eigenvalue weighted by atomic mass is 32.1. The molecule has 0 fully saturated rings. The molecule has 2 aromatic carbocycles. The van der Waals surface area contributed by atoms with E-state index in [-0.39, 0.29) is 0 Å². The molecule has 0 saturated heterocycles. The van der Waals surface area contributed by atoms with Gasteiger partial charge in [-0.1, -0.05) is 6.07 Å². The maximum Gasteiger partial charge on any atom is 0.172 e. The lowest BCUT2D eigenvalue weighted by molar-refractivity contribution is 0.340. The van der Waals surface area contributed by atoms with E-state index in [0.29, 0.717) is 29.8 Å². The van der Waals surface area contributed by atoms with Gasteiger partial charge in [0.1, 0.15) is 11.6 Å². The summed E-state index contributed by atoms with van der Waals surface area (Å²) in [6.07, 6.45) is 0. The number of aliphatic imine (C=N–C) groups is 2. The molecule has 1 aromatic heterocycles. The van der Waals surface area contributed by atoms with Gasteiger partial charge >= 0.3 is 0 Å². The Labute approximate surface area is 173 Å². The van der Waals surface area contributed by atoms with Crippen molar-refractivity contribution in [2.75, 3.05) is 26.1 Å². The molecule has 0 aliphatic carbocycles. The van der Waals surface area contributed by atoms with E-state index in [1.165, 1.54) is 0 Å². The minimum atomic E-state index is 0.596. The summed E-state index contributed by atoms with van der Waals surface area (Å²) < 4.78 is 16.5. The van der Waals surface area contributed by atoms with Crippen LogP contribution in [0.4, 0.5) is 11.4 Å². The summed E-state index contributed by atoms with van der Waals surface area (Å²) in [6.45, 7) is 2.56. The van der Waals surface area contributed by atoms with Crippen molar-refractivity contribution in [2.24, 2.45) is 9.98 Å². The second-order valence-corrected chi connectivity index (χ2v) is 7.13. The van der Waals surface area contributed by atoms with Gasteiger partial charge < -0.3 is 19.5 Å². The van der Waals surface area contributed by atoms with Crippen LogP contribution in [0.5, 0.6) is 17.2 Å². The lowest BCUT2D eigenvalue weighted by Crippen LogP contribution is -2.15. The first-order valence-corrected chi connectivity index (χ1v) is 10.1. The molecular weight excluding hydrogens is 386 g/mol. The van der Waals surface area contributed by atoms with Gasteiger partial charge in [-0.3, -0.25) is 0 Å². The molecule has 0 unspecified atom stereocenters. The van der Waals surface area contributed by atoms with E-state index in [0.717, 1.165) is 27.6 Å². The third-order valence-electron chi connectivity index (χ3n) is 4.37. The van der Waals surface area contributed by atoms with E-state index in [2.05, 4.69) is 5.32 Å². The Morgan fingerprint density at radius 3 is 2.55 bits per heavy atom. The summed E-state index contributed by atoms with van der Waals surface area (Å²) in [7, 11) is 3.23. The number of ether oxygens (including phenoxy) is 3. The van der Waals surface area contributed by atoms with Gasteiger partial charge in [-0.2, -0.15) is 0 Å².